The number of aryl methyl sites for hydroxylation is 3. The second-order valence-electron chi connectivity index (χ2n) is 7.80. The van der Waals surface area contributed by atoms with Crippen molar-refractivity contribution in [1.29, 1.82) is 0 Å². The molecule has 0 saturated heterocycles. The molecular weight excluding hydrogens is 392 g/mol. The van der Waals surface area contributed by atoms with E-state index in [1.807, 2.05) is 56.6 Å². The van der Waals surface area contributed by atoms with Gasteiger partial charge in [0.15, 0.2) is 0 Å². The molecule has 0 aliphatic heterocycles. The molecule has 0 saturated carbocycles. The molecule has 0 atom stereocenters. The Morgan fingerprint density at radius 1 is 1.06 bits per heavy atom. The van der Waals surface area contributed by atoms with Crippen molar-refractivity contribution < 1.29 is 14.7 Å². The highest BCUT2D eigenvalue weighted by Gasteiger charge is 2.16. The molecule has 0 fully saturated rings. The zero-order valence-electron chi connectivity index (χ0n) is 18.6. The molecule has 0 aliphatic rings. The van der Waals surface area contributed by atoms with Gasteiger partial charge in [-0.1, -0.05) is 17.7 Å². The SMILES string of the molecule is Cc1ccc(C(=O)Nc2cc(C(=O)O)ccc2N(C)CCc2c(C)nn(C)c2C)cc1. The Bertz CT molecular complexity index is 1120. The van der Waals surface area contributed by atoms with Gasteiger partial charge in [-0.3, -0.25) is 9.48 Å². The number of hydrogen-bond donors (Lipinski definition) is 2. The number of benzene rings is 2. The van der Waals surface area contributed by atoms with E-state index in [-0.39, 0.29) is 11.5 Å². The van der Waals surface area contributed by atoms with Crippen molar-refractivity contribution in [2.75, 3.05) is 23.8 Å². The summed E-state index contributed by atoms with van der Waals surface area (Å²) in [6.07, 6.45) is 0.786. The molecule has 0 unspecified atom stereocenters. The maximum absolute atomic E-state index is 12.8. The smallest absolute Gasteiger partial charge is 0.335 e. The molecule has 1 amide bonds. The summed E-state index contributed by atoms with van der Waals surface area (Å²) < 4.78 is 1.87. The molecule has 31 heavy (non-hydrogen) atoms. The summed E-state index contributed by atoms with van der Waals surface area (Å²) in [5, 5.41) is 16.8. The summed E-state index contributed by atoms with van der Waals surface area (Å²) >= 11 is 0. The number of rotatable bonds is 7. The van der Waals surface area contributed by atoms with Gasteiger partial charge in [-0.2, -0.15) is 5.10 Å². The van der Waals surface area contributed by atoms with Gasteiger partial charge in [-0.05, 0) is 63.1 Å². The van der Waals surface area contributed by atoms with E-state index in [1.165, 1.54) is 11.6 Å². The summed E-state index contributed by atoms with van der Waals surface area (Å²) in [6, 6.07) is 12.0. The summed E-state index contributed by atoms with van der Waals surface area (Å²) in [4.78, 5) is 26.3. The third-order valence-electron chi connectivity index (χ3n) is 5.57. The molecule has 2 aromatic carbocycles. The van der Waals surface area contributed by atoms with Crippen LogP contribution in [0.4, 0.5) is 11.4 Å². The van der Waals surface area contributed by atoms with Crippen LogP contribution < -0.4 is 10.2 Å². The number of likely N-dealkylation sites (N-methyl/N-ethyl adjacent to an activating group) is 1. The average molecular weight is 421 g/mol. The van der Waals surface area contributed by atoms with Crippen LogP contribution in [0.15, 0.2) is 42.5 Å². The van der Waals surface area contributed by atoms with E-state index in [9.17, 15) is 14.7 Å². The molecule has 3 aromatic rings. The molecule has 0 spiro atoms. The minimum absolute atomic E-state index is 0.121. The Labute approximate surface area is 182 Å². The summed E-state index contributed by atoms with van der Waals surface area (Å²) in [7, 11) is 3.86. The maximum atomic E-state index is 12.8. The van der Waals surface area contributed by atoms with E-state index in [1.54, 1.807) is 24.3 Å². The Morgan fingerprint density at radius 2 is 1.71 bits per heavy atom. The highest BCUT2D eigenvalue weighted by atomic mass is 16.4. The van der Waals surface area contributed by atoms with Crippen molar-refractivity contribution in [3.8, 4) is 0 Å². The lowest BCUT2D eigenvalue weighted by molar-refractivity contribution is 0.0696. The molecule has 7 nitrogen and oxygen atoms in total. The highest BCUT2D eigenvalue weighted by Crippen LogP contribution is 2.28. The van der Waals surface area contributed by atoms with Gasteiger partial charge in [0.1, 0.15) is 0 Å². The monoisotopic (exact) mass is 420 g/mol. The summed E-state index contributed by atoms with van der Waals surface area (Å²) in [6.45, 7) is 6.69. The Balaban J connectivity index is 1.85. The molecular formula is C24H28N4O3. The first-order chi connectivity index (χ1) is 14.7. The van der Waals surface area contributed by atoms with Gasteiger partial charge < -0.3 is 15.3 Å². The van der Waals surface area contributed by atoms with Crippen LogP contribution in [-0.2, 0) is 13.5 Å². The van der Waals surface area contributed by atoms with Gasteiger partial charge in [0.25, 0.3) is 5.91 Å². The summed E-state index contributed by atoms with van der Waals surface area (Å²) in [5.41, 5.74) is 6.24. The number of aromatic carboxylic acids is 1. The van der Waals surface area contributed by atoms with Crippen LogP contribution in [0.25, 0.3) is 0 Å². The Hall–Kier alpha value is -3.61. The van der Waals surface area contributed by atoms with Crippen molar-refractivity contribution in [2.24, 2.45) is 7.05 Å². The molecule has 1 heterocycles. The number of carbonyl (C=O) groups excluding carboxylic acids is 1. The number of carboxylic acid groups (broad SMARTS) is 1. The lowest BCUT2D eigenvalue weighted by Gasteiger charge is -2.23. The Morgan fingerprint density at radius 3 is 2.29 bits per heavy atom. The van der Waals surface area contributed by atoms with Crippen LogP contribution in [0.5, 0.6) is 0 Å². The van der Waals surface area contributed by atoms with Gasteiger partial charge in [-0.15, -0.1) is 0 Å². The number of aromatic nitrogens is 2. The fraction of sp³-hybridized carbons (Fsp3) is 0.292. The second-order valence-corrected chi connectivity index (χ2v) is 7.80. The number of anilines is 2. The largest absolute Gasteiger partial charge is 0.478 e. The fourth-order valence-electron chi connectivity index (χ4n) is 3.58. The lowest BCUT2D eigenvalue weighted by Crippen LogP contribution is -2.23. The van der Waals surface area contributed by atoms with Crippen molar-refractivity contribution in [2.45, 2.75) is 27.2 Å². The average Bonchev–Trinajstić information content (AvgIpc) is 2.97. The van der Waals surface area contributed by atoms with Crippen molar-refractivity contribution in [3.05, 3.63) is 76.1 Å². The van der Waals surface area contributed by atoms with E-state index >= 15 is 0 Å². The molecule has 2 N–H and O–H groups in total. The predicted octanol–water partition coefficient (Wildman–Crippen LogP) is 3.97. The fourth-order valence-corrected chi connectivity index (χ4v) is 3.58. The van der Waals surface area contributed by atoms with Crippen LogP contribution >= 0.6 is 0 Å². The molecule has 162 valence electrons. The van der Waals surface area contributed by atoms with Crippen LogP contribution in [-0.4, -0.2) is 40.4 Å². The topological polar surface area (TPSA) is 87.5 Å². The third-order valence-corrected chi connectivity index (χ3v) is 5.57. The van der Waals surface area contributed by atoms with Crippen molar-refractivity contribution >= 4 is 23.3 Å². The first-order valence-electron chi connectivity index (χ1n) is 10.1. The molecule has 0 bridgehead atoms. The third kappa shape index (κ3) is 4.94. The second kappa shape index (κ2) is 9.04. The van der Waals surface area contributed by atoms with Crippen LogP contribution in [0, 0.1) is 20.8 Å². The predicted molar refractivity (Wildman–Crippen MR) is 122 cm³/mol. The van der Waals surface area contributed by atoms with Gasteiger partial charge in [-0.25, -0.2) is 4.79 Å². The van der Waals surface area contributed by atoms with Gasteiger partial charge in [0.05, 0.1) is 22.6 Å². The van der Waals surface area contributed by atoms with E-state index < -0.39 is 5.97 Å². The van der Waals surface area contributed by atoms with Crippen LogP contribution in [0.2, 0.25) is 0 Å². The van der Waals surface area contributed by atoms with Gasteiger partial charge in [0.2, 0.25) is 0 Å². The number of carboxylic acids is 1. The van der Waals surface area contributed by atoms with Crippen molar-refractivity contribution in [3.63, 3.8) is 0 Å². The minimum atomic E-state index is -1.04. The number of hydrogen-bond acceptors (Lipinski definition) is 4. The summed E-state index contributed by atoms with van der Waals surface area (Å²) in [5.74, 6) is -1.32. The maximum Gasteiger partial charge on any atom is 0.335 e. The molecule has 7 heteroatoms. The standard InChI is InChI=1S/C24H28N4O3/c1-15-6-8-18(9-7-15)23(29)25-21-14-19(24(30)31)10-11-22(21)27(4)13-12-20-16(2)26-28(5)17(20)3/h6-11,14H,12-13H2,1-5H3,(H,25,29)(H,30,31). The quantitative estimate of drug-likeness (QED) is 0.604. The normalized spacial score (nSPS) is 10.7. The van der Waals surface area contributed by atoms with E-state index in [0.717, 1.165) is 29.1 Å². The Kier molecular flexibility index (Phi) is 6.44. The molecule has 0 aliphatic carbocycles. The minimum Gasteiger partial charge on any atom is -0.478 e. The first-order valence-corrected chi connectivity index (χ1v) is 10.1. The zero-order valence-corrected chi connectivity index (χ0v) is 18.6. The van der Waals surface area contributed by atoms with E-state index in [4.69, 9.17) is 0 Å². The highest BCUT2D eigenvalue weighted by molar-refractivity contribution is 6.06. The van der Waals surface area contributed by atoms with E-state index in [2.05, 4.69) is 10.4 Å². The molecule has 1 aromatic heterocycles. The first kappa shape index (κ1) is 22.1. The number of amides is 1. The zero-order chi connectivity index (χ0) is 22.7. The van der Waals surface area contributed by atoms with Crippen LogP contribution in [0.1, 0.15) is 43.2 Å². The number of carbonyl (C=O) groups is 2. The lowest BCUT2D eigenvalue weighted by atomic mass is 10.1. The van der Waals surface area contributed by atoms with E-state index in [0.29, 0.717) is 17.8 Å². The molecule has 3 rings (SSSR count). The number of nitrogens with zero attached hydrogens (tertiary/aromatic N) is 3. The van der Waals surface area contributed by atoms with Gasteiger partial charge >= 0.3 is 5.97 Å². The molecule has 0 radical (unpaired) electrons. The van der Waals surface area contributed by atoms with Crippen LogP contribution in [0.3, 0.4) is 0 Å². The van der Waals surface area contributed by atoms with Crippen molar-refractivity contribution in [1.82, 2.24) is 9.78 Å². The number of nitrogens with one attached hydrogen (secondary N) is 1. The van der Waals surface area contributed by atoms with Gasteiger partial charge in [0, 0.05) is 31.9 Å².